The zero-order valence-corrected chi connectivity index (χ0v) is 11.9. The summed E-state index contributed by atoms with van der Waals surface area (Å²) in [5, 5.41) is 25.6. The monoisotopic (exact) mass is 291 g/mol. The fourth-order valence-corrected chi connectivity index (χ4v) is 2.05. The van der Waals surface area contributed by atoms with Gasteiger partial charge in [0.2, 0.25) is 5.82 Å². The van der Waals surface area contributed by atoms with E-state index >= 15 is 0 Å². The van der Waals surface area contributed by atoms with Crippen LogP contribution in [0.3, 0.4) is 0 Å². The normalized spacial score (nSPS) is 11.2. The van der Waals surface area contributed by atoms with E-state index in [0.29, 0.717) is 5.57 Å². The summed E-state index contributed by atoms with van der Waals surface area (Å²) in [6, 6.07) is 12.0. The molecule has 2 heterocycles. The second-order valence-electron chi connectivity index (χ2n) is 4.64. The van der Waals surface area contributed by atoms with Gasteiger partial charge in [-0.2, -0.15) is 10.5 Å². The first kappa shape index (κ1) is 13.6. The summed E-state index contributed by atoms with van der Waals surface area (Å²) in [6.07, 6.45) is 5.54. The van der Waals surface area contributed by atoms with Gasteiger partial charge in [0.1, 0.15) is 11.6 Å². The molecule has 1 aromatic carbocycles. The van der Waals surface area contributed by atoms with Crippen molar-refractivity contribution in [3.05, 3.63) is 60.3 Å². The van der Waals surface area contributed by atoms with Gasteiger partial charge in [0, 0.05) is 30.0 Å². The lowest BCUT2D eigenvalue weighted by Gasteiger charge is -2.10. The van der Waals surface area contributed by atoms with Crippen molar-refractivity contribution >= 4 is 11.3 Å². The minimum Gasteiger partial charge on any atom is -0.360 e. The van der Waals surface area contributed by atoms with Crippen molar-refractivity contribution in [2.45, 2.75) is 6.92 Å². The first-order valence-electron chi connectivity index (χ1n) is 6.62. The first-order valence-corrected chi connectivity index (χ1v) is 6.62. The highest BCUT2D eigenvalue weighted by Crippen LogP contribution is 2.20. The van der Waals surface area contributed by atoms with Crippen molar-refractivity contribution in [1.29, 1.82) is 5.26 Å². The Bertz CT molecular complexity index is 823. The molecule has 0 aliphatic rings. The molecule has 0 radical (unpaired) electrons. The molecule has 2 aromatic heterocycles. The van der Waals surface area contributed by atoms with Gasteiger partial charge in [0.25, 0.3) is 0 Å². The summed E-state index contributed by atoms with van der Waals surface area (Å²) in [5.74, 6) is 0.257. The molecular weight excluding hydrogens is 278 g/mol. The molecule has 0 unspecified atom stereocenters. The summed E-state index contributed by atoms with van der Waals surface area (Å²) >= 11 is 0. The van der Waals surface area contributed by atoms with E-state index in [1.807, 2.05) is 53.4 Å². The number of hydrogen-bond acceptors (Lipinski definition) is 5. The number of benzene rings is 1. The van der Waals surface area contributed by atoms with Gasteiger partial charge in [-0.25, -0.2) is 0 Å². The molecular formula is C15H13N7. The zero-order valence-electron chi connectivity index (χ0n) is 11.9. The number of nitrogens with one attached hydrogen (secondary N) is 2. The van der Waals surface area contributed by atoms with Crippen LogP contribution in [0.15, 0.2) is 48.9 Å². The van der Waals surface area contributed by atoms with Gasteiger partial charge < -0.3 is 9.88 Å². The number of rotatable bonds is 4. The molecule has 0 aliphatic carbocycles. The molecule has 0 aliphatic heterocycles. The molecule has 3 aromatic rings. The van der Waals surface area contributed by atoms with E-state index in [2.05, 4.69) is 32.9 Å². The Balaban J connectivity index is 1.87. The topological polar surface area (TPSA) is 95.2 Å². The SMILES string of the molecule is Cc1ccc(NC=C(C#N)c2nn[nH]n2)cc1-n1cccc1. The average molecular weight is 291 g/mol. The molecule has 2 N–H and O–H groups in total. The molecule has 0 fully saturated rings. The van der Waals surface area contributed by atoms with E-state index in [9.17, 15) is 0 Å². The lowest BCUT2D eigenvalue weighted by atomic mass is 10.1. The number of aromatic amines is 1. The summed E-state index contributed by atoms with van der Waals surface area (Å²) in [5.41, 5.74) is 3.40. The molecule has 7 heteroatoms. The summed E-state index contributed by atoms with van der Waals surface area (Å²) in [6.45, 7) is 2.05. The van der Waals surface area contributed by atoms with Crippen molar-refractivity contribution in [3.8, 4) is 11.8 Å². The molecule has 0 spiro atoms. The largest absolute Gasteiger partial charge is 0.360 e. The number of aryl methyl sites for hydroxylation is 1. The number of H-pyrrole nitrogens is 1. The van der Waals surface area contributed by atoms with Crippen LogP contribution in [-0.4, -0.2) is 25.2 Å². The molecule has 7 nitrogen and oxygen atoms in total. The third-order valence-corrected chi connectivity index (χ3v) is 3.18. The number of aromatic nitrogens is 5. The predicted octanol–water partition coefficient (Wildman–Crippen LogP) is 2.28. The molecule has 0 saturated carbocycles. The highest BCUT2D eigenvalue weighted by atomic mass is 15.5. The van der Waals surface area contributed by atoms with Crippen LogP contribution in [0, 0.1) is 18.3 Å². The summed E-state index contributed by atoms with van der Waals surface area (Å²) in [7, 11) is 0. The number of anilines is 1. The van der Waals surface area contributed by atoms with Gasteiger partial charge in [-0.15, -0.1) is 10.2 Å². The standard InChI is InChI=1S/C15H13N7/c1-11-4-5-13(8-14(11)22-6-2-3-7-22)17-10-12(9-16)15-18-20-21-19-15/h2-8,10,17H,1H3,(H,18,19,20,21). The molecule has 0 amide bonds. The Morgan fingerprint density at radius 3 is 2.86 bits per heavy atom. The highest BCUT2D eigenvalue weighted by Gasteiger charge is 2.06. The van der Waals surface area contributed by atoms with Crippen LogP contribution in [-0.2, 0) is 0 Å². The highest BCUT2D eigenvalue weighted by molar-refractivity contribution is 5.74. The minimum atomic E-state index is 0.257. The molecule has 3 rings (SSSR count). The third kappa shape index (κ3) is 2.71. The fraction of sp³-hybridized carbons (Fsp3) is 0.0667. The smallest absolute Gasteiger partial charge is 0.216 e. The second kappa shape index (κ2) is 5.93. The van der Waals surface area contributed by atoms with Gasteiger partial charge in [0.15, 0.2) is 0 Å². The van der Waals surface area contributed by atoms with Gasteiger partial charge >= 0.3 is 0 Å². The first-order chi connectivity index (χ1) is 10.8. The lowest BCUT2D eigenvalue weighted by molar-refractivity contribution is 0.881. The van der Waals surface area contributed by atoms with Gasteiger partial charge in [-0.1, -0.05) is 6.07 Å². The zero-order chi connectivity index (χ0) is 15.4. The fourth-order valence-electron chi connectivity index (χ4n) is 2.05. The van der Waals surface area contributed by atoms with E-state index in [1.165, 1.54) is 0 Å². The maximum Gasteiger partial charge on any atom is 0.216 e. The Morgan fingerprint density at radius 1 is 1.36 bits per heavy atom. The van der Waals surface area contributed by atoms with Crippen LogP contribution in [0.1, 0.15) is 11.4 Å². The van der Waals surface area contributed by atoms with Crippen molar-refractivity contribution in [2.24, 2.45) is 0 Å². The Hall–Kier alpha value is -3.40. The number of nitrogens with zero attached hydrogens (tertiary/aromatic N) is 5. The number of hydrogen-bond donors (Lipinski definition) is 2. The van der Waals surface area contributed by atoms with Gasteiger partial charge in [0.05, 0.1) is 0 Å². The average Bonchev–Trinajstić information content (AvgIpc) is 3.22. The Kier molecular flexibility index (Phi) is 3.66. The maximum atomic E-state index is 9.14. The lowest BCUT2D eigenvalue weighted by Crippen LogP contribution is -1.97. The summed E-state index contributed by atoms with van der Waals surface area (Å²) < 4.78 is 2.04. The predicted molar refractivity (Wildman–Crippen MR) is 81.9 cm³/mol. The molecule has 0 bridgehead atoms. The van der Waals surface area contributed by atoms with Crippen LogP contribution in [0.4, 0.5) is 5.69 Å². The summed E-state index contributed by atoms with van der Waals surface area (Å²) in [4.78, 5) is 0. The van der Waals surface area contributed by atoms with Crippen LogP contribution < -0.4 is 5.32 Å². The van der Waals surface area contributed by atoms with E-state index in [0.717, 1.165) is 16.9 Å². The van der Waals surface area contributed by atoms with Gasteiger partial charge in [-0.3, -0.25) is 0 Å². The Morgan fingerprint density at radius 2 is 2.18 bits per heavy atom. The second-order valence-corrected chi connectivity index (χ2v) is 4.64. The quantitative estimate of drug-likeness (QED) is 0.719. The molecule has 0 atom stereocenters. The third-order valence-electron chi connectivity index (χ3n) is 3.18. The van der Waals surface area contributed by atoms with E-state index in [1.54, 1.807) is 6.20 Å². The molecule has 0 saturated heterocycles. The van der Waals surface area contributed by atoms with E-state index < -0.39 is 0 Å². The molecule has 22 heavy (non-hydrogen) atoms. The van der Waals surface area contributed by atoms with Crippen LogP contribution >= 0.6 is 0 Å². The van der Waals surface area contributed by atoms with Crippen molar-refractivity contribution in [2.75, 3.05) is 5.32 Å². The van der Waals surface area contributed by atoms with Crippen molar-refractivity contribution in [1.82, 2.24) is 25.2 Å². The van der Waals surface area contributed by atoms with E-state index in [4.69, 9.17) is 5.26 Å². The van der Waals surface area contributed by atoms with Crippen molar-refractivity contribution < 1.29 is 0 Å². The van der Waals surface area contributed by atoms with Crippen LogP contribution in [0.25, 0.3) is 11.3 Å². The van der Waals surface area contributed by atoms with Crippen LogP contribution in [0.2, 0.25) is 0 Å². The van der Waals surface area contributed by atoms with Crippen LogP contribution in [0.5, 0.6) is 0 Å². The van der Waals surface area contributed by atoms with Crippen molar-refractivity contribution in [3.63, 3.8) is 0 Å². The van der Waals surface area contributed by atoms with Gasteiger partial charge in [-0.05, 0) is 42.0 Å². The Labute approximate surface area is 126 Å². The molecule has 108 valence electrons. The number of tetrazole rings is 1. The number of nitriles is 1. The number of allylic oxidation sites excluding steroid dienone is 1. The van der Waals surface area contributed by atoms with E-state index in [-0.39, 0.29) is 5.82 Å². The minimum absolute atomic E-state index is 0.257. The maximum absolute atomic E-state index is 9.14.